The van der Waals surface area contributed by atoms with Gasteiger partial charge < -0.3 is 19.6 Å². The van der Waals surface area contributed by atoms with Crippen LogP contribution in [0.2, 0.25) is 0 Å². The van der Waals surface area contributed by atoms with Gasteiger partial charge >= 0.3 is 0 Å². The average Bonchev–Trinajstić information content (AvgIpc) is 3.29. The Morgan fingerprint density at radius 2 is 1.88 bits per heavy atom. The first-order valence-electron chi connectivity index (χ1n) is 14.1. The number of aryl methyl sites for hydroxylation is 2. The monoisotopic (exact) mass is 573 g/mol. The molecule has 214 valence electrons. The predicted octanol–water partition coefficient (Wildman–Crippen LogP) is 5.02. The van der Waals surface area contributed by atoms with E-state index in [9.17, 15) is 4.79 Å². The molecule has 0 saturated carbocycles. The lowest BCUT2D eigenvalue weighted by atomic mass is 9.94. The van der Waals surface area contributed by atoms with Crippen molar-refractivity contribution >= 4 is 50.2 Å². The van der Waals surface area contributed by atoms with Crippen LogP contribution in [0, 0.1) is 19.7 Å². The Kier molecular flexibility index (Phi) is 6.94. The fourth-order valence-electron chi connectivity index (χ4n) is 6.16. The van der Waals surface area contributed by atoms with Crippen LogP contribution in [-0.2, 0) is 4.79 Å². The average molecular weight is 574 g/mol. The minimum Gasteiger partial charge on any atom is -0.349 e. The number of rotatable bonds is 5. The Bertz CT molecular complexity index is 1680. The Balaban J connectivity index is 1.53. The van der Waals surface area contributed by atoms with Crippen LogP contribution in [0.3, 0.4) is 0 Å². The molecule has 8 nitrogen and oxygen atoms in total. The highest BCUT2D eigenvalue weighted by Gasteiger charge is 2.36. The summed E-state index contributed by atoms with van der Waals surface area (Å²) < 4.78 is 22.4. The molecule has 2 atom stereocenters. The maximum atomic E-state index is 16.9. The van der Waals surface area contributed by atoms with Crippen LogP contribution in [-0.4, -0.2) is 88.4 Å². The minimum absolute atomic E-state index is 0.0247. The van der Waals surface area contributed by atoms with E-state index in [1.807, 2.05) is 49.9 Å². The second kappa shape index (κ2) is 10.3. The summed E-state index contributed by atoms with van der Waals surface area (Å²) in [5.41, 5.74) is 3.43. The second-order valence-electron chi connectivity index (χ2n) is 11.6. The summed E-state index contributed by atoms with van der Waals surface area (Å²) in [6.07, 6.45) is 1.37. The van der Waals surface area contributed by atoms with Crippen molar-refractivity contribution in [2.24, 2.45) is 0 Å². The van der Waals surface area contributed by atoms with E-state index in [4.69, 9.17) is 9.97 Å². The van der Waals surface area contributed by atoms with E-state index in [1.54, 1.807) is 0 Å². The molecule has 2 fully saturated rings. The van der Waals surface area contributed by atoms with Crippen molar-refractivity contribution in [3.05, 3.63) is 54.0 Å². The number of nitrogens with zero attached hydrogens (tertiary/aromatic N) is 7. The molecular weight excluding hydrogens is 537 g/mol. The zero-order valence-corrected chi connectivity index (χ0v) is 25.3. The Labute approximate surface area is 244 Å². The number of benzene rings is 2. The molecule has 2 saturated heterocycles. The number of hydrogen-bond donors (Lipinski definition) is 0. The van der Waals surface area contributed by atoms with Crippen LogP contribution in [0.4, 0.5) is 16.2 Å². The normalized spacial score (nSPS) is 19.9. The van der Waals surface area contributed by atoms with E-state index in [0.717, 1.165) is 40.0 Å². The largest absolute Gasteiger partial charge is 0.349 e. The first-order valence-corrected chi connectivity index (χ1v) is 14.8. The molecule has 0 N–H and O–H groups in total. The zero-order chi connectivity index (χ0) is 29.2. The molecule has 1 amide bonds. The highest BCUT2D eigenvalue weighted by atomic mass is 32.1. The van der Waals surface area contributed by atoms with Crippen molar-refractivity contribution in [2.75, 3.05) is 50.1 Å². The van der Waals surface area contributed by atoms with Crippen molar-refractivity contribution in [1.82, 2.24) is 24.1 Å². The van der Waals surface area contributed by atoms with Crippen LogP contribution in [0.5, 0.6) is 0 Å². The lowest BCUT2D eigenvalue weighted by molar-refractivity contribution is -0.128. The van der Waals surface area contributed by atoms with Crippen molar-refractivity contribution in [1.29, 1.82) is 0 Å². The summed E-state index contributed by atoms with van der Waals surface area (Å²) >= 11 is 1.43. The molecule has 0 bridgehead atoms. The first-order chi connectivity index (χ1) is 19.6. The van der Waals surface area contributed by atoms with Crippen molar-refractivity contribution < 1.29 is 9.18 Å². The van der Waals surface area contributed by atoms with Gasteiger partial charge in [0, 0.05) is 60.6 Å². The van der Waals surface area contributed by atoms with Gasteiger partial charge in [-0.05, 0) is 82.7 Å². The fraction of sp³-hybridized carbons (Fsp3) is 0.419. The third-order valence-corrected chi connectivity index (χ3v) is 9.53. The maximum Gasteiger partial charge on any atom is 0.246 e. The molecule has 2 aromatic heterocycles. The smallest absolute Gasteiger partial charge is 0.246 e. The summed E-state index contributed by atoms with van der Waals surface area (Å²) in [5, 5.41) is 1.67. The van der Waals surface area contributed by atoms with Crippen LogP contribution in [0.25, 0.3) is 32.1 Å². The molecule has 4 aromatic rings. The molecule has 0 unspecified atom stereocenters. The Morgan fingerprint density at radius 1 is 1.12 bits per heavy atom. The van der Waals surface area contributed by atoms with Gasteiger partial charge in [0.05, 0.1) is 10.4 Å². The van der Waals surface area contributed by atoms with E-state index in [-0.39, 0.29) is 23.8 Å². The number of anilines is 2. The van der Waals surface area contributed by atoms with E-state index >= 15 is 4.39 Å². The molecule has 2 aliphatic heterocycles. The van der Waals surface area contributed by atoms with Gasteiger partial charge in [0.15, 0.2) is 5.82 Å². The van der Waals surface area contributed by atoms with Crippen molar-refractivity contribution in [3.63, 3.8) is 0 Å². The van der Waals surface area contributed by atoms with E-state index < -0.39 is 0 Å². The third-order valence-electron chi connectivity index (χ3n) is 8.63. The molecule has 2 aromatic carbocycles. The van der Waals surface area contributed by atoms with Crippen LogP contribution < -0.4 is 9.80 Å². The number of aromatic nitrogens is 3. The summed E-state index contributed by atoms with van der Waals surface area (Å²) in [5.74, 6) is 0.833. The number of fused-ring (bicyclic) bond motifs is 2. The molecule has 6 rings (SSSR count). The standard InChI is InChI=1S/C31H36FN7OS/c1-8-25(40)38-13-19(4)39(14-18(38)3)30-23-12-17(2)26(22-10-9-11-24-27(22)20(5)35-41-24)28(32)29(23)33-31(34-30)37-15-21(16-37)36(6)7/h8-12,18-19,21H,1,13-16H2,2-7H3/t18-,19+/m1/s1. The molecule has 0 aliphatic carbocycles. The molecule has 2 aliphatic rings. The molecule has 0 spiro atoms. The van der Waals surface area contributed by atoms with Crippen molar-refractivity contribution in [3.8, 4) is 11.1 Å². The highest BCUT2D eigenvalue weighted by Crippen LogP contribution is 2.41. The lowest BCUT2D eigenvalue weighted by Gasteiger charge is -2.45. The van der Waals surface area contributed by atoms with Crippen LogP contribution in [0.15, 0.2) is 36.9 Å². The summed E-state index contributed by atoms with van der Waals surface area (Å²) in [4.78, 5) is 30.8. The van der Waals surface area contributed by atoms with Gasteiger partial charge in [-0.1, -0.05) is 18.7 Å². The number of amides is 1. The van der Waals surface area contributed by atoms with Gasteiger partial charge in [-0.15, -0.1) is 0 Å². The van der Waals surface area contributed by atoms with E-state index in [0.29, 0.717) is 47.4 Å². The van der Waals surface area contributed by atoms with Gasteiger partial charge in [-0.3, -0.25) is 4.79 Å². The topological polar surface area (TPSA) is 68.7 Å². The Hall–Kier alpha value is -3.63. The maximum absolute atomic E-state index is 16.9. The summed E-state index contributed by atoms with van der Waals surface area (Å²) in [6, 6.07) is 8.31. The van der Waals surface area contributed by atoms with Crippen LogP contribution >= 0.6 is 11.5 Å². The van der Waals surface area contributed by atoms with E-state index in [2.05, 4.69) is 46.7 Å². The number of carbonyl (C=O) groups excluding carboxylic acids is 1. The number of carbonyl (C=O) groups is 1. The zero-order valence-electron chi connectivity index (χ0n) is 24.5. The molecule has 10 heteroatoms. The van der Waals surface area contributed by atoms with Crippen LogP contribution in [0.1, 0.15) is 25.1 Å². The third kappa shape index (κ3) is 4.53. The number of halogens is 1. The predicted molar refractivity (Wildman–Crippen MR) is 165 cm³/mol. The number of likely N-dealkylation sites (N-methyl/N-ethyl adjacent to an activating group) is 1. The van der Waals surface area contributed by atoms with Gasteiger partial charge in [0.1, 0.15) is 11.3 Å². The minimum atomic E-state index is -0.339. The van der Waals surface area contributed by atoms with E-state index in [1.165, 1.54) is 17.6 Å². The SMILES string of the molecule is C=CC(=O)N1C[C@H](C)N(c2nc(N3CC(N(C)C)C3)nc3c(F)c(-c4cccc5snc(C)c45)c(C)cc23)C[C@H]1C. The number of piperazine rings is 1. The van der Waals surface area contributed by atoms with Gasteiger partial charge in [-0.25, -0.2) is 9.37 Å². The lowest BCUT2D eigenvalue weighted by Crippen LogP contribution is -2.59. The molecule has 0 radical (unpaired) electrons. The van der Waals surface area contributed by atoms with Crippen molar-refractivity contribution in [2.45, 2.75) is 45.8 Å². The fourth-order valence-corrected chi connectivity index (χ4v) is 6.98. The highest BCUT2D eigenvalue weighted by molar-refractivity contribution is 7.13. The molecular formula is C31H36FN7OS. The first kappa shape index (κ1) is 27.5. The molecule has 4 heterocycles. The van der Waals surface area contributed by atoms with Gasteiger partial charge in [0.2, 0.25) is 11.9 Å². The Morgan fingerprint density at radius 3 is 2.59 bits per heavy atom. The van der Waals surface area contributed by atoms with Gasteiger partial charge in [-0.2, -0.15) is 9.36 Å². The second-order valence-corrected chi connectivity index (χ2v) is 12.4. The summed E-state index contributed by atoms with van der Waals surface area (Å²) in [6.45, 7) is 14.4. The summed E-state index contributed by atoms with van der Waals surface area (Å²) in [7, 11) is 4.14. The molecule has 41 heavy (non-hydrogen) atoms. The quantitative estimate of drug-likeness (QED) is 0.311. The van der Waals surface area contributed by atoms with Gasteiger partial charge in [0.25, 0.3) is 0 Å². The number of hydrogen-bond acceptors (Lipinski definition) is 8.